The van der Waals surface area contributed by atoms with E-state index in [1.165, 1.54) is 0 Å². The van der Waals surface area contributed by atoms with Gasteiger partial charge in [0.25, 0.3) is 5.91 Å². The van der Waals surface area contributed by atoms with Gasteiger partial charge in [0.1, 0.15) is 0 Å². The van der Waals surface area contributed by atoms with Crippen LogP contribution in [0.1, 0.15) is 35.2 Å². The van der Waals surface area contributed by atoms with Crippen molar-refractivity contribution in [3.05, 3.63) is 41.5 Å². The molecule has 1 atom stereocenters. The maximum absolute atomic E-state index is 12.5. The summed E-state index contributed by atoms with van der Waals surface area (Å²) in [5.74, 6) is 2.51. The van der Waals surface area contributed by atoms with Crippen LogP contribution in [0.4, 0.5) is 5.69 Å². The van der Waals surface area contributed by atoms with Gasteiger partial charge in [-0.25, -0.2) is 0 Å². The van der Waals surface area contributed by atoms with Crippen LogP contribution in [-0.2, 0) is 4.79 Å². The van der Waals surface area contributed by atoms with Crippen molar-refractivity contribution in [1.29, 1.82) is 0 Å². The topological polar surface area (TPSA) is 49.4 Å². The molecule has 2 amide bonds. The van der Waals surface area contributed by atoms with Crippen molar-refractivity contribution >= 4 is 29.3 Å². The van der Waals surface area contributed by atoms with Gasteiger partial charge in [-0.15, -0.1) is 0 Å². The fourth-order valence-electron chi connectivity index (χ4n) is 3.19. The Kier molecular flexibility index (Phi) is 5.61. The number of nitrogens with one attached hydrogen (secondary N) is 1. The first-order valence-electron chi connectivity index (χ1n) is 8.57. The third kappa shape index (κ3) is 4.20. The lowest BCUT2D eigenvalue weighted by atomic mass is 10.0. The summed E-state index contributed by atoms with van der Waals surface area (Å²) in [4.78, 5) is 26.6. The van der Waals surface area contributed by atoms with E-state index >= 15 is 0 Å². The van der Waals surface area contributed by atoms with E-state index in [9.17, 15) is 9.59 Å². The Balaban J connectivity index is 1.62. The molecule has 5 heteroatoms. The number of carbonyl (C=O) groups is 2. The molecular formula is C19H24N2O2S. The summed E-state index contributed by atoms with van der Waals surface area (Å²) in [5, 5.41) is 2.98. The number of hydrogen-bond acceptors (Lipinski definition) is 3. The lowest BCUT2D eigenvalue weighted by molar-refractivity contribution is -0.116. The number of carbonyl (C=O) groups excluding carboxylic acids is 2. The van der Waals surface area contributed by atoms with Gasteiger partial charge in [-0.3, -0.25) is 9.59 Å². The third-order valence-corrected chi connectivity index (χ3v) is 5.55. The molecule has 1 N–H and O–H groups in total. The Morgan fingerprint density at radius 2 is 2.08 bits per heavy atom. The maximum Gasteiger partial charge on any atom is 0.253 e. The molecule has 2 aliphatic rings. The van der Waals surface area contributed by atoms with Crippen LogP contribution in [0.5, 0.6) is 0 Å². The number of anilines is 1. The van der Waals surface area contributed by atoms with Gasteiger partial charge in [0.05, 0.1) is 0 Å². The summed E-state index contributed by atoms with van der Waals surface area (Å²) in [6, 6.07) is 5.56. The number of nitrogens with zero attached hydrogens (tertiary/aromatic N) is 1. The minimum absolute atomic E-state index is 0.0433. The quantitative estimate of drug-likeness (QED) is 0.851. The molecule has 128 valence electrons. The molecule has 0 spiro atoms. The smallest absolute Gasteiger partial charge is 0.253 e. The van der Waals surface area contributed by atoms with Crippen LogP contribution in [0.2, 0.25) is 0 Å². The molecule has 0 aromatic heterocycles. The van der Waals surface area contributed by atoms with Crippen molar-refractivity contribution in [2.24, 2.45) is 5.92 Å². The van der Waals surface area contributed by atoms with Gasteiger partial charge in [-0.2, -0.15) is 11.8 Å². The molecule has 1 aromatic rings. The first-order chi connectivity index (χ1) is 11.6. The number of thioether (sulfide) groups is 1. The third-order valence-electron chi connectivity index (χ3n) is 4.61. The predicted octanol–water partition coefficient (Wildman–Crippen LogP) is 3.48. The Morgan fingerprint density at radius 3 is 2.75 bits per heavy atom. The zero-order valence-electron chi connectivity index (χ0n) is 14.1. The second-order valence-electron chi connectivity index (χ2n) is 6.45. The molecule has 1 aliphatic carbocycles. The molecule has 1 saturated heterocycles. The summed E-state index contributed by atoms with van der Waals surface area (Å²) in [6.07, 6.45) is 6.94. The minimum atomic E-state index is 0.0433. The molecule has 1 heterocycles. The molecule has 0 saturated carbocycles. The SMILES string of the molecule is Cc1cc(C(=O)N2CCSCC2)ccc1NC(=O)CC1C=CCC1. The van der Waals surface area contributed by atoms with Gasteiger partial charge < -0.3 is 10.2 Å². The van der Waals surface area contributed by atoms with Crippen LogP contribution >= 0.6 is 11.8 Å². The van der Waals surface area contributed by atoms with Crippen LogP contribution in [0.25, 0.3) is 0 Å². The highest BCUT2D eigenvalue weighted by Crippen LogP contribution is 2.23. The molecule has 1 unspecified atom stereocenters. The normalized spacial score (nSPS) is 20.2. The monoisotopic (exact) mass is 344 g/mol. The Hall–Kier alpha value is -1.75. The zero-order chi connectivity index (χ0) is 16.9. The standard InChI is InChI=1S/C19H24N2O2S/c1-14-12-16(19(23)21-8-10-24-11-9-21)6-7-17(14)20-18(22)13-15-4-2-3-5-15/h2,4,6-7,12,15H,3,5,8-11,13H2,1H3,(H,20,22). The Bertz CT molecular complexity index is 651. The highest BCUT2D eigenvalue weighted by molar-refractivity contribution is 7.99. The number of hydrogen-bond donors (Lipinski definition) is 1. The van der Waals surface area contributed by atoms with E-state index in [4.69, 9.17) is 0 Å². The summed E-state index contributed by atoms with van der Waals surface area (Å²) >= 11 is 1.89. The number of allylic oxidation sites excluding steroid dienone is 2. The van der Waals surface area contributed by atoms with Gasteiger partial charge in [-0.05, 0) is 49.4 Å². The lowest BCUT2D eigenvalue weighted by Gasteiger charge is -2.26. The fourth-order valence-corrected chi connectivity index (χ4v) is 4.09. The van der Waals surface area contributed by atoms with E-state index in [0.29, 0.717) is 17.9 Å². The summed E-state index contributed by atoms with van der Waals surface area (Å²) in [6.45, 7) is 3.57. The Morgan fingerprint density at radius 1 is 1.29 bits per heavy atom. The highest BCUT2D eigenvalue weighted by Gasteiger charge is 2.19. The van der Waals surface area contributed by atoms with Crippen LogP contribution in [0.15, 0.2) is 30.4 Å². The molecule has 0 bridgehead atoms. The van der Waals surface area contributed by atoms with Crippen molar-refractivity contribution in [2.45, 2.75) is 26.2 Å². The van der Waals surface area contributed by atoms with Crippen LogP contribution in [0, 0.1) is 12.8 Å². The number of amides is 2. The highest BCUT2D eigenvalue weighted by atomic mass is 32.2. The Labute approximate surface area is 147 Å². The van der Waals surface area contributed by atoms with Crippen molar-refractivity contribution in [3.63, 3.8) is 0 Å². The van der Waals surface area contributed by atoms with Crippen molar-refractivity contribution in [1.82, 2.24) is 4.90 Å². The van der Waals surface area contributed by atoms with Crippen molar-refractivity contribution in [3.8, 4) is 0 Å². The van der Waals surface area contributed by atoms with Crippen LogP contribution in [0.3, 0.4) is 0 Å². The molecule has 24 heavy (non-hydrogen) atoms. The fraction of sp³-hybridized carbons (Fsp3) is 0.474. The average molecular weight is 344 g/mol. The number of rotatable bonds is 4. The molecule has 1 aliphatic heterocycles. The molecular weight excluding hydrogens is 320 g/mol. The van der Waals surface area contributed by atoms with Gasteiger partial charge in [0.2, 0.25) is 5.91 Å². The molecule has 4 nitrogen and oxygen atoms in total. The molecule has 0 radical (unpaired) electrons. The minimum Gasteiger partial charge on any atom is -0.337 e. The van der Waals surface area contributed by atoms with Crippen LogP contribution < -0.4 is 5.32 Å². The largest absolute Gasteiger partial charge is 0.337 e. The maximum atomic E-state index is 12.5. The van der Waals surface area contributed by atoms with Gasteiger partial charge in [-0.1, -0.05) is 12.2 Å². The predicted molar refractivity (Wildman–Crippen MR) is 99.5 cm³/mol. The van der Waals surface area contributed by atoms with E-state index in [0.717, 1.165) is 48.7 Å². The second-order valence-corrected chi connectivity index (χ2v) is 7.68. The van der Waals surface area contributed by atoms with Crippen LogP contribution in [-0.4, -0.2) is 41.3 Å². The summed E-state index contributed by atoms with van der Waals surface area (Å²) in [5.41, 5.74) is 2.44. The number of aryl methyl sites for hydroxylation is 1. The van der Waals surface area contributed by atoms with Gasteiger partial charge >= 0.3 is 0 Å². The molecule has 1 aromatic carbocycles. The van der Waals surface area contributed by atoms with E-state index < -0.39 is 0 Å². The lowest BCUT2D eigenvalue weighted by Crippen LogP contribution is -2.37. The number of benzene rings is 1. The van der Waals surface area contributed by atoms with Gasteiger partial charge in [0, 0.05) is 42.3 Å². The van der Waals surface area contributed by atoms with E-state index in [2.05, 4.69) is 17.5 Å². The molecule has 1 fully saturated rings. The van der Waals surface area contributed by atoms with Crippen molar-refractivity contribution < 1.29 is 9.59 Å². The van der Waals surface area contributed by atoms with Crippen molar-refractivity contribution in [2.75, 3.05) is 29.9 Å². The van der Waals surface area contributed by atoms with E-state index in [-0.39, 0.29) is 11.8 Å². The van der Waals surface area contributed by atoms with E-state index in [1.807, 2.05) is 41.8 Å². The zero-order valence-corrected chi connectivity index (χ0v) is 14.9. The second kappa shape index (κ2) is 7.88. The summed E-state index contributed by atoms with van der Waals surface area (Å²) < 4.78 is 0. The molecule has 3 rings (SSSR count). The summed E-state index contributed by atoms with van der Waals surface area (Å²) in [7, 11) is 0. The average Bonchev–Trinajstić information content (AvgIpc) is 3.09. The van der Waals surface area contributed by atoms with Gasteiger partial charge in [0.15, 0.2) is 0 Å². The van der Waals surface area contributed by atoms with E-state index in [1.54, 1.807) is 0 Å². The first-order valence-corrected chi connectivity index (χ1v) is 9.73. The first kappa shape index (κ1) is 17.1.